The zero-order valence-corrected chi connectivity index (χ0v) is 33.8. The topological polar surface area (TPSA) is 89.4 Å². The van der Waals surface area contributed by atoms with Crippen molar-refractivity contribution in [2.75, 3.05) is 13.2 Å². The molecule has 3 rings (SSSR count). The molecule has 7 nitrogen and oxygen atoms in total. The molecule has 0 spiro atoms. The quantitative estimate of drug-likeness (QED) is 0.153. The van der Waals surface area contributed by atoms with E-state index in [1.165, 1.54) is 0 Å². The lowest BCUT2D eigenvalue weighted by molar-refractivity contribution is -0.0872. The Morgan fingerprint density at radius 1 is 0.911 bits per heavy atom. The number of nitrogens with one attached hydrogen (secondary N) is 1. The van der Waals surface area contributed by atoms with Crippen LogP contribution in [0, 0.1) is 34.5 Å². The molecule has 0 aliphatic heterocycles. The van der Waals surface area contributed by atoms with Crippen molar-refractivity contribution in [3.8, 4) is 0 Å². The van der Waals surface area contributed by atoms with Gasteiger partial charge < -0.3 is 24.1 Å². The first kappa shape index (κ1) is 38.5. The van der Waals surface area contributed by atoms with Crippen LogP contribution in [0.25, 0.3) is 0 Å². The van der Waals surface area contributed by atoms with Gasteiger partial charge in [-0.2, -0.15) is 0 Å². The number of carbonyl (C=O) groups excluding carboxylic acids is 1. The summed E-state index contributed by atoms with van der Waals surface area (Å²) in [7, 11) is -3.89. The Hall–Kier alpha value is -0.906. The molecular formula is C36H70N2O5Si2. The van der Waals surface area contributed by atoms with Crippen LogP contribution < -0.4 is 5.32 Å². The van der Waals surface area contributed by atoms with E-state index in [0.717, 1.165) is 57.3 Å². The van der Waals surface area contributed by atoms with Gasteiger partial charge in [0.15, 0.2) is 16.6 Å². The Morgan fingerprint density at radius 2 is 1.51 bits per heavy atom. The Morgan fingerprint density at radius 3 is 2.04 bits per heavy atom. The number of hydrogen-bond donors (Lipinski definition) is 2. The van der Waals surface area contributed by atoms with Crippen LogP contribution in [-0.2, 0) is 13.6 Å². The van der Waals surface area contributed by atoms with E-state index >= 15 is 0 Å². The summed E-state index contributed by atoms with van der Waals surface area (Å²) in [4.78, 5) is 13.0. The summed E-state index contributed by atoms with van der Waals surface area (Å²) in [5.74, 6) is 1.37. The van der Waals surface area contributed by atoms with E-state index < -0.39 is 22.2 Å². The molecule has 3 saturated carbocycles. The van der Waals surface area contributed by atoms with Gasteiger partial charge in [-0.15, -0.1) is 0 Å². The SMILES string of the molecule is CC(C)(C)OC(=O)NC[C@@H]1[C@@H]([C@@]2(C)CC[C@H](O[Si](C)(C)C(C)(C)C)C[C@@H]2CO[Si](C)(C)C(C)(C)C)CC[C@]2(C)/C(=N/O)CC[C@@H]12. The number of rotatable bonds is 8. The maximum Gasteiger partial charge on any atom is 0.407 e. The summed E-state index contributed by atoms with van der Waals surface area (Å²) in [6, 6.07) is 0. The van der Waals surface area contributed by atoms with Crippen LogP contribution in [-0.4, -0.2) is 58.5 Å². The monoisotopic (exact) mass is 666 g/mol. The molecule has 0 saturated heterocycles. The van der Waals surface area contributed by atoms with Crippen LogP contribution in [0.4, 0.5) is 4.79 Å². The standard InChI is InChI=1S/C36H70N2O5Si2/c1-32(2,3)42-31(39)37-23-27-28-16-17-30(38-40)36(28,11)21-19-29(27)35(10)20-18-26(43-45(14,15)34(7,8)9)22-25(35)24-41-44(12,13)33(4,5)6/h25-29,40H,16-24H2,1-15H3,(H,37,39)/b38-30+/t25-,26+,27+,28+,29+,35+,36+/m1/s1. The van der Waals surface area contributed by atoms with Crippen molar-refractivity contribution in [1.82, 2.24) is 5.32 Å². The highest BCUT2D eigenvalue weighted by Crippen LogP contribution is 2.62. The lowest BCUT2D eigenvalue weighted by atomic mass is 9.49. The van der Waals surface area contributed by atoms with Crippen molar-refractivity contribution in [3.63, 3.8) is 0 Å². The van der Waals surface area contributed by atoms with E-state index in [1.54, 1.807) is 0 Å². The number of fused-ring (bicyclic) bond motifs is 1. The fourth-order valence-electron chi connectivity index (χ4n) is 8.21. The van der Waals surface area contributed by atoms with Crippen molar-refractivity contribution in [3.05, 3.63) is 0 Å². The van der Waals surface area contributed by atoms with Gasteiger partial charge in [0.2, 0.25) is 0 Å². The van der Waals surface area contributed by atoms with Gasteiger partial charge in [-0.1, -0.05) is 60.5 Å². The highest BCUT2D eigenvalue weighted by atomic mass is 28.4. The van der Waals surface area contributed by atoms with Gasteiger partial charge in [0.25, 0.3) is 0 Å². The molecule has 2 N–H and O–H groups in total. The molecule has 0 aromatic heterocycles. The van der Waals surface area contributed by atoms with Gasteiger partial charge in [-0.25, -0.2) is 4.79 Å². The average molecular weight is 667 g/mol. The highest BCUT2D eigenvalue weighted by Gasteiger charge is 2.58. The molecule has 7 atom stereocenters. The second-order valence-electron chi connectivity index (χ2n) is 19.3. The van der Waals surface area contributed by atoms with Crippen LogP contribution in [0.2, 0.25) is 36.3 Å². The fourth-order valence-corrected chi connectivity index (χ4v) is 10.7. The number of nitrogens with zero attached hydrogens (tertiary/aromatic N) is 1. The third-order valence-electron chi connectivity index (χ3n) is 13.2. The van der Waals surface area contributed by atoms with E-state index in [-0.39, 0.29) is 39.0 Å². The lowest BCUT2D eigenvalue weighted by Crippen LogP contribution is -2.56. The molecular weight excluding hydrogens is 597 g/mol. The number of carbonyl (C=O) groups is 1. The normalized spacial score (nSPS) is 34.5. The summed E-state index contributed by atoms with van der Waals surface area (Å²) >= 11 is 0. The van der Waals surface area contributed by atoms with Crippen molar-refractivity contribution in [2.24, 2.45) is 39.7 Å². The van der Waals surface area contributed by atoms with E-state index in [9.17, 15) is 10.0 Å². The molecule has 9 heteroatoms. The molecule has 3 aliphatic carbocycles. The highest BCUT2D eigenvalue weighted by molar-refractivity contribution is 6.74. The molecule has 0 unspecified atom stereocenters. The Kier molecular flexibility index (Phi) is 11.3. The minimum Gasteiger partial charge on any atom is -0.444 e. The summed E-state index contributed by atoms with van der Waals surface area (Å²) in [5.41, 5.74) is 0.284. The van der Waals surface area contributed by atoms with Crippen molar-refractivity contribution in [1.29, 1.82) is 0 Å². The van der Waals surface area contributed by atoms with Gasteiger partial charge in [-0.3, -0.25) is 0 Å². The second kappa shape index (κ2) is 13.2. The molecule has 0 bridgehead atoms. The minimum absolute atomic E-state index is 0.0381. The number of alkyl carbamates (subject to hydrolysis) is 1. The Labute approximate surface area is 278 Å². The average Bonchev–Trinajstić information content (AvgIpc) is 3.21. The smallest absolute Gasteiger partial charge is 0.407 e. The molecule has 3 fully saturated rings. The molecule has 45 heavy (non-hydrogen) atoms. The predicted octanol–water partition coefficient (Wildman–Crippen LogP) is 10.0. The van der Waals surface area contributed by atoms with Gasteiger partial charge in [0.1, 0.15) is 5.60 Å². The molecule has 0 aromatic carbocycles. The first-order valence-corrected chi connectivity index (χ1v) is 23.6. The van der Waals surface area contributed by atoms with Crippen molar-refractivity contribution in [2.45, 2.75) is 169 Å². The first-order chi connectivity index (χ1) is 20.3. The zero-order valence-electron chi connectivity index (χ0n) is 31.8. The summed E-state index contributed by atoms with van der Waals surface area (Å²) < 4.78 is 19.8. The molecule has 0 aromatic rings. The molecule has 3 aliphatic rings. The van der Waals surface area contributed by atoms with E-state index in [0.29, 0.717) is 24.3 Å². The minimum atomic E-state index is -1.97. The van der Waals surface area contributed by atoms with Gasteiger partial charge >= 0.3 is 6.09 Å². The van der Waals surface area contributed by atoms with Gasteiger partial charge in [0.05, 0.1) is 5.71 Å². The predicted molar refractivity (Wildman–Crippen MR) is 191 cm³/mol. The third kappa shape index (κ3) is 8.40. The Bertz CT molecular complexity index is 1070. The zero-order chi connectivity index (χ0) is 34.4. The van der Waals surface area contributed by atoms with E-state index in [2.05, 4.69) is 92.1 Å². The van der Waals surface area contributed by atoms with Crippen molar-refractivity contribution < 1.29 is 23.6 Å². The molecule has 0 heterocycles. The van der Waals surface area contributed by atoms with Crippen LogP contribution in [0.1, 0.15) is 121 Å². The third-order valence-corrected chi connectivity index (χ3v) is 22.3. The fraction of sp³-hybridized carbons (Fsp3) is 0.944. The number of amides is 1. The van der Waals surface area contributed by atoms with E-state index in [4.69, 9.17) is 13.6 Å². The van der Waals surface area contributed by atoms with Gasteiger partial charge in [-0.05, 0) is 131 Å². The van der Waals surface area contributed by atoms with Crippen molar-refractivity contribution >= 4 is 28.4 Å². The summed E-state index contributed by atoms with van der Waals surface area (Å²) in [6.45, 7) is 35.3. The van der Waals surface area contributed by atoms with Crippen LogP contribution >= 0.6 is 0 Å². The first-order valence-electron chi connectivity index (χ1n) is 17.8. The number of oxime groups is 1. The summed E-state index contributed by atoms with van der Waals surface area (Å²) in [6.07, 6.45) is 6.95. The van der Waals surface area contributed by atoms with Gasteiger partial charge in [0, 0.05) is 24.7 Å². The maximum absolute atomic E-state index is 13.0. The summed E-state index contributed by atoms with van der Waals surface area (Å²) in [5, 5.41) is 17.3. The van der Waals surface area contributed by atoms with E-state index in [1.807, 2.05) is 20.8 Å². The number of ether oxygens (including phenoxy) is 1. The largest absolute Gasteiger partial charge is 0.444 e. The van der Waals surface area contributed by atoms with Crippen LogP contribution in [0.15, 0.2) is 5.16 Å². The van der Waals surface area contributed by atoms with Crippen LogP contribution in [0.5, 0.6) is 0 Å². The molecule has 262 valence electrons. The maximum atomic E-state index is 13.0. The second-order valence-corrected chi connectivity index (χ2v) is 28.9. The Balaban J connectivity index is 1.98. The number of hydrogen-bond acceptors (Lipinski definition) is 6. The molecule has 0 radical (unpaired) electrons. The van der Waals surface area contributed by atoms with Crippen LogP contribution in [0.3, 0.4) is 0 Å². The molecule has 1 amide bonds. The lowest BCUT2D eigenvalue weighted by Gasteiger charge is -2.57.